The van der Waals surface area contributed by atoms with Gasteiger partial charge in [-0.05, 0) is 25.7 Å². The predicted molar refractivity (Wildman–Crippen MR) is 65.7 cm³/mol. The lowest BCUT2D eigenvalue weighted by molar-refractivity contribution is 0.0717. The number of aryl methyl sites for hydroxylation is 1. The third-order valence-electron chi connectivity index (χ3n) is 2.65. The third kappa shape index (κ3) is 2.61. The maximum Gasteiger partial charge on any atom is 0.273 e. The van der Waals surface area contributed by atoms with Gasteiger partial charge < -0.3 is 4.90 Å². The lowest BCUT2D eigenvalue weighted by Gasteiger charge is -2.23. The molecule has 1 saturated carbocycles. The van der Waals surface area contributed by atoms with Crippen LogP contribution in [0.25, 0.3) is 0 Å². The topological polar surface area (TPSA) is 33.2 Å². The fourth-order valence-electron chi connectivity index (χ4n) is 1.79. The van der Waals surface area contributed by atoms with Crippen molar-refractivity contribution in [2.24, 2.45) is 5.92 Å². The molecule has 0 aromatic carbocycles. The van der Waals surface area contributed by atoms with Gasteiger partial charge in [-0.25, -0.2) is 4.98 Å². The highest BCUT2D eigenvalue weighted by Crippen LogP contribution is 2.29. The van der Waals surface area contributed by atoms with Crippen LogP contribution in [0.2, 0.25) is 0 Å². The van der Waals surface area contributed by atoms with E-state index in [1.54, 1.807) is 11.3 Å². The molecule has 88 valence electrons. The quantitative estimate of drug-likeness (QED) is 0.808. The van der Waals surface area contributed by atoms with Crippen LogP contribution in [-0.4, -0.2) is 28.4 Å². The SMILES string of the molecule is Cc1nc(C(=O)N(CC(C)C)C2CC2)cs1. The zero-order chi connectivity index (χ0) is 11.7. The Morgan fingerprint density at radius 2 is 2.31 bits per heavy atom. The van der Waals surface area contributed by atoms with Crippen molar-refractivity contribution < 1.29 is 4.79 Å². The number of thiazole rings is 1. The molecule has 1 heterocycles. The molecule has 16 heavy (non-hydrogen) atoms. The molecule has 2 rings (SSSR count). The smallest absolute Gasteiger partial charge is 0.273 e. The standard InChI is InChI=1S/C12H18N2OS/c1-8(2)6-14(10-4-5-10)12(15)11-7-16-9(3)13-11/h7-8,10H,4-6H2,1-3H3. The first-order valence-corrected chi connectivity index (χ1v) is 6.69. The summed E-state index contributed by atoms with van der Waals surface area (Å²) in [5.74, 6) is 0.629. The van der Waals surface area contributed by atoms with Gasteiger partial charge in [0.05, 0.1) is 5.01 Å². The molecule has 0 spiro atoms. The van der Waals surface area contributed by atoms with Crippen LogP contribution in [0.4, 0.5) is 0 Å². The third-order valence-corrected chi connectivity index (χ3v) is 3.42. The zero-order valence-electron chi connectivity index (χ0n) is 10.1. The summed E-state index contributed by atoms with van der Waals surface area (Å²) in [6, 6.07) is 0.469. The van der Waals surface area contributed by atoms with Crippen molar-refractivity contribution in [3.05, 3.63) is 16.1 Å². The van der Waals surface area contributed by atoms with Gasteiger partial charge in [0.15, 0.2) is 0 Å². The van der Waals surface area contributed by atoms with Crippen LogP contribution in [0.5, 0.6) is 0 Å². The first-order chi connectivity index (χ1) is 7.58. The van der Waals surface area contributed by atoms with Crippen LogP contribution in [0.3, 0.4) is 0 Å². The second-order valence-corrected chi connectivity index (χ2v) is 5.90. The van der Waals surface area contributed by atoms with Gasteiger partial charge in [0.2, 0.25) is 0 Å². The Hall–Kier alpha value is -0.900. The molecule has 1 fully saturated rings. The fraction of sp³-hybridized carbons (Fsp3) is 0.667. The molecule has 0 N–H and O–H groups in total. The fourth-order valence-corrected chi connectivity index (χ4v) is 2.37. The summed E-state index contributed by atoms with van der Waals surface area (Å²) in [6.07, 6.45) is 2.31. The Morgan fingerprint density at radius 1 is 1.62 bits per heavy atom. The molecule has 0 atom stereocenters. The van der Waals surface area contributed by atoms with Crippen LogP contribution < -0.4 is 0 Å². The predicted octanol–water partition coefficient (Wildman–Crippen LogP) is 2.71. The van der Waals surface area contributed by atoms with Crippen LogP contribution in [0.1, 0.15) is 42.2 Å². The van der Waals surface area contributed by atoms with E-state index in [1.807, 2.05) is 17.2 Å². The summed E-state index contributed by atoms with van der Waals surface area (Å²) in [4.78, 5) is 18.5. The molecule has 1 amide bonds. The number of hydrogen-bond donors (Lipinski definition) is 0. The maximum atomic E-state index is 12.2. The minimum Gasteiger partial charge on any atom is -0.334 e. The van der Waals surface area contributed by atoms with Crippen molar-refractivity contribution in [2.75, 3.05) is 6.54 Å². The number of carbonyl (C=O) groups excluding carboxylic acids is 1. The minimum absolute atomic E-state index is 0.112. The zero-order valence-corrected chi connectivity index (χ0v) is 10.9. The number of hydrogen-bond acceptors (Lipinski definition) is 3. The first kappa shape index (κ1) is 11.6. The van der Waals surface area contributed by atoms with E-state index in [-0.39, 0.29) is 5.91 Å². The second kappa shape index (κ2) is 4.53. The Morgan fingerprint density at radius 3 is 2.75 bits per heavy atom. The summed E-state index contributed by atoms with van der Waals surface area (Å²) >= 11 is 1.54. The number of aromatic nitrogens is 1. The Labute approximate surface area is 100 Å². The van der Waals surface area contributed by atoms with E-state index in [9.17, 15) is 4.79 Å². The second-order valence-electron chi connectivity index (χ2n) is 4.83. The average Bonchev–Trinajstić information content (AvgIpc) is 2.96. The van der Waals surface area contributed by atoms with Crippen molar-refractivity contribution in [2.45, 2.75) is 39.7 Å². The number of carbonyl (C=O) groups is 1. The Balaban J connectivity index is 2.10. The highest BCUT2D eigenvalue weighted by molar-refractivity contribution is 7.09. The van der Waals surface area contributed by atoms with Crippen molar-refractivity contribution in [3.63, 3.8) is 0 Å². The lowest BCUT2D eigenvalue weighted by Crippen LogP contribution is -2.36. The van der Waals surface area contributed by atoms with E-state index in [1.165, 1.54) is 0 Å². The highest BCUT2D eigenvalue weighted by atomic mass is 32.1. The van der Waals surface area contributed by atoms with E-state index in [4.69, 9.17) is 0 Å². The molecule has 0 radical (unpaired) electrons. The Kier molecular flexibility index (Phi) is 3.28. The van der Waals surface area contributed by atoms with Gasteiger partial charge in [-0.3, -0.25) is 4.79 Å². The van der Waals surface area contributed by atoms with Gasteiger partial charge >= 0.3 is 0 Å². The molecule has 1 aromatic rings. The molecule has 0 aliphatic heterocycles. The highest BCUT2D eigenvalue weighted by Gasteiger charge is 2.33. The molecule has 1 aliphatic carbocycles. The average molecular weight is 238 g/mol. The van der Waals surface area contributed by atoms with Gasteiger partial charge in [0.1, 0.15) is 5.69 Å². The molecule has 0 bridgehead atoms. The van der Waals surface area contributed by atoms with E-state index < -0.39 is 0 Å². The molecule has 0 saturated heterocycles. The van der Waals surface area contributed by atoms with E-state index in [0.717, 1.165) is 24.4 Å². The van der Waals surface area contributed by atoms with E-state index in [2.05, 4.69) is 18.8 Å². The minimum atomic E-state index is 0.112. The molecule has 1 aliphatic rings. The monoisotopic (exact) mass is 238 g/mol. The van der Waals surface area contributed by atoms with E-state index in [0.29, 0.717) is 17.7 Å². The maximum absolute atomic E-state index is 12.2. The molecule has 0 unspecified atom stereocenters. The van der Waals surface area contributed by atoms with Crippen LogP contribution >= 0.6 is 11.3 Å². The van der Waals surface area contributed by atoms with Gasteiger partial charge in [-0.2, -0.15) is 0 Å². The summed E-state index contributed by atoms with van der Waals surface area (Å²) in [5, 5.41) is 2.83. The van der Waals surface area contributed by atoms with Gasteiger partial charge in [0.25, 0.3) is 5.91 Å². The molecular formula is C12H18N2OS. The van der Waals surface area contributed by atoms with Crippen molar-refractivity contribution in [1.29, 1.82) is 0 Å². The van der Waals surface area contributed by atoms with E-state index >= 15 is 0 Å². The molecular weight excluding hydrogens is 220 g/mol. The van der Waals surface area contributed by atoms with Crippen LogP contribution in [0, 0.1) is 12.8 Å². The number of amides is 1. The van der Waals surface area contributed by atoms with Crippen molar-refractivity contribution in [1.82, 2.24) is 9.88 Å². The molecule has 4 heteroatoms. The largest absolute Gasteiger partial charge is 0.334 e. The summed E-state index contributed by atoms with van der Waals surface area (Å²) in [7, 11) is 0. The van der Waals surface area contributed by atoms with Crippen molar-refractivity contribution >= 4 is 17.2 Å². The lowest BCUT2D eigenvalue weighted by atomic mass is 10.2. The van der Waals surface area contributed by atoms with Gasteiger partial charge in [0, 0.05) is 18.0 Å². The summed E-state index contributed by atoms with van der Waals surface area (Å²) in [6.45, 7) is 7.08. The van der Waals surface area contributed by atoms with Gasteiger partial charge in [-0.15, -0.1) is 11.3 Å². The normalized spacial score (nSPS) is 15.5. The number of nitrogens with zero attached hydrogens (tertiary/aromatic N) is 2. The van der Waals surface area contributed by atoms with Gasteiger partial charge in [-0.1, -0.05) is 13.8 Å². The van der Waals surface area contributed by atoms with Crippen LogP contribution in [-0.2, 0) is 0 Å². The molecule has 1 aromatic heterocycles. The first-order valence-electron chi connectivity index (χ1n) is 5.81. The molecule has 3 nitrogen and oxygen atoms in total. The van der Waals surface area contributed by atoms with Crippen LogP contribution in [0.15, 0.2) is 5.38 Å². The summed E-state index contributed by atoms with van der Waals surface area (Å²) < 4.78 is 0. The van der Waals surface area contributed by atoms with Crippen molar-refractivity contribution in [3.8, 4) is 0 Å². The number of rotatable bonds is 4. The Bertz CT molecular complexity index is 382. The summed E-state index contributed by atoms with van der Waals surface area (Å²) in [5.41, 5.74) is 0.620.